The number of halogens is 3. The molecule has 0 heterocycles. The molecule has 9 heteroatoms. The maximum absolute atomic E-state index is 13.8. The van der Waals surface area contributed by atoms with E-state index >= 15 is 0 Å². The first-order valence-corrected chi connectivity index (χ1v) is 8.81. The van der Waals surface area contributed by atoms with Crippen molar-refractivity contribution in [3.8, 4) is 5.40 Å². The summed E-state index contributed by atoms with van der Waals surface area (Å²) in [5.74, 6) is -5.11. The van der Waals surface area contributed by atoms with Gasteiger partial charge in [0.15, 0.2) is 17.5 Å². The average molecular weight is 372 g/mol. The first kappa shape index (κ1) is 18.2. The second-order valence-corrected chi connectivity index (χ2v) is 7.41. The standard InChI is InChI=1S/C15H11F3N2O2S2/c1-8-5-10(23-7-19)6-9(2)15(8)20-24(21,22)12-4-3-11(16)13(17)14(12)18/h3-6,20H,1-2H3. The molecule has 0 saturated carbocycles. The molecule has 1 N–H and O–H groups in total. The van der Waals surface area contributed by atoms with E-state index in [-0.39, 0.29) is 5.69 Å². The number of hydrogen-bond acceptors (Lipinski definition) is 4. The molecule has 0 fully saturated rings. The third kappa shape index (κ3) is 3.49. The van der Waals surface area contributed by atoms with E-state index < -0.39 is 32.4 Å². The minimum atomic E-state index is -4.46. The normalized spacial score (nSPS) is 11.2. The van der Waals surface area contributed by atoms with Crippen molar-refractivity contribution in [2.75, 3.05) is 4.72 Å². The summed E-state index contributed by atoms with van der Waals surface area (Å²) < 4.78 is 66.8. The van der Waals surface area contributed by atoms with Crippen LogP contribution in [0, 0.1) is 42.0 Å². The number of thioether (sulfide) groups is 1. The topological polar surface area (TPSA) is 70.0 Å². The van der Waals surface area contributed by atoms with Gasteiger partial charge in [0, 0.05) is 4.90 Å². The van der Waals surface area contributed by atoms with E-state index in [1.807, 2.05) is 5.40 Å². The van der Waals surface area contributed by atoms with Crippen molar-refractivity contribution in [2.24, 2.45) is 0 Å². The van der Waals surface area contributed by atoms with E-state index in [2.05, 4.69) is 4.72 Å². The average Bonchev–Trinajstić information content (AvgIpc) is 2.49. The number of thiocyanates is 1. The Labute approximate surface area is 141 Å². The Morgan fingerprint density at radius 2 is 1.67 bits per heavy atom. The highest BCUT2D eigenvalue weighted by atomic mass is 32.2. The lowest BCUT2D eigenvalue weighted by atomic mass is 10.1. The van der Waals surface area contributed by atoms with Crippen LogP contribution in [-0.2, 0) is 10.0 Å². The second kappa shape index (κ2) is 6.75. The molecule has 126 valence electrons. The van der Waals surface area contributed by atoms with E-state index in [0.717, 1.165) is 11.8 Å². The summed E-state index contributed by atoms with van der Waals surface area (Å²) in [6.45, 7) is 3.21. The van der Waals surface area contributed by atoms with Crippen LogP contribution in [0.15, 0.2) is 34.1 Å². The Morgan fingerprint density at radius 3 is 2.21 bits per heavy atom. The molecule has 2 aromatic carbocycles. The van der Waals surface area contributed by atoms with Gasteiger partial charge in [-0.2, -0.15) is 5.26 Å². The fraction of sp³-hybridized carbons (Fsp3) is 0.133. The van der Waals surface area contributed by atoms with Crippen LogP contribution in [0.4, 0.5) is 18.9 Å². The fourth-order valence-electron chi connectivity index (χ4n) is 2.10. The van der Waals surface area contributed by atoms with E-state index in [9.17, 15) is 21.6 Å². The molecule has 0 aromatic heterocycles. The quantitative estimate of drug-likeness (QED) is 0.498. The van der Waals surface area contributed by atoms with Gasteiger partial charge in [0.05, 0.1) is 5.69 Å². The van der Waals surface area contributed by atoms with Gasteiger partial charge in [-0.15, -0.1) is 0 Å². The predicted molar refractivity (Wildman–Crippen MR) is 84.5 cm³/mol. The number of nitrogens with one attached hydrogen (secondary N) is 1. The van der Waals surface area contributed by atoms with Crippen LogP contribution in [-0.4, -0.2) is 8.42 Å². The Balaban J connectivity index is 2.48. The highest BCUT2D eigenvalue weighted by Crippen LogP contribution is 2.30. The van der Waals surface area contributed by atoms with E-state index in [0.29, 0.717) is 28.2 Å². The first-order chi connectivity index (χ1) is 11.2. The molecule has 2 rings (SSSR count). The van der Waals surface area contributed by atoms with Crippen molar-refractivity contribution in [3.05, 3.63) is 52.8 Å². The number of aryl methyl sites for hydroxylation is 2. The number of benzene rings is 2. The fourth-order valence-corrected chi connectivity index (χ4v) is 3.95. The third-order valence-corrected chi connectivity index (χ3v) is 5.13. The van der Waals surface area contributed by atoms with Gasteiger partial charge < -0.3 is 0 Å². The molecule has 24 heavy (non-hydrogen) atoms. The summed E-state index contributed by atoms with van der Waals surface area (Å²) in [7, 11) is -4.46. The Hall–Kier alpha value is -2.18. The van der Waals surface area contributed by atoms with Crippen molar-refractivity contribution in [3.63, 3.8) is 0 Å². The molecule has 0 aliphatic heterocycles. The number of anilines is 1. The van der Waals surface area contributed by atoms with Gasteiger partial charge in [-0.1, -0.05) is 0 Å². The summed E-state index contributed by atoms with van der Waals surface area (Å²) in [4.78, 5) is -0.370. The smallest absolute Gasteiger partial charge is 0.264 e. The Bertz CT molecular complexity index is 931. The molecule has 0 saturated heterocycles. The van der Waals surface area contributed by atoms with Crippen molar-refractivity contribution >= 4 is 27.5 Å². The molecule has 0 amide bonds. The van der Waals surface area contributed by atoms with Crippen LogP contribution in [0.25, 0.3) is 0 Å². The maximum atomic E-state index is 13.8. The van der Waals surface area contributed by atoms with Gasteiger partial charge in [0.2, 0.25) is 0 Å². The van der Waals surface area contributed by atoms with Gasteiger partial charge in [0.25, 0.3) is 10.0 Å². The lowest BCUT2D eigenvalue weighted by Crippen LogP contribution is -2.17. The van der Waals surface area contributed by atoms with Gasteiger partial charge >= 0.3 is 0 Å². The van der Waals surface area contributed by atoms with Crippen LogP contribution in [0.3, 0.4) is 0 Å². The van der Waals surface area contributed by atoms with Crippen molar-refractivity contribution < 1.29 is 21.6 Å². The van der Waals surface area contributed by atoms with E-state index in [4.69, 9.17) is 5.26 Å². The first-order valence-electron chi connectivity index (χ1n) is 6.51. The molecule has 0 bridgehead atoms. The number of sulfonamides is 1. The van der Waals surface area contributed by atoms with E-state index in [1.54, 1.807) is 26.0 Å². The molecule has 0 atom stereocenters. The summed E-state index contributed by atoms with van der Waals surface area (Å²) >= 11 is 0.910. The van der Waals surface area contributed by atoms with Crippen LogP contribution in [0.5, 0.6) is 0 Å². The number of rotatable bonds is 4. The SMILES string of the molecule is Cc1cc(SC#N)cc(C)c1NS(=O)(=O)c1ccc(F)c(F)c1F. The number of nitriles is 1. The van der Waals surface area contributed by atoms with Crippen LogP contribution < -0.4 is 4.72 Å². The molecule has 2 aromatic rings. The van der Waals surface area contributed by atoms with Crippen LogP contribution >= 0.6 is 11.8 Å². The van der Waals surface area contributed by atoms with Crippen LogP contribution in [0.2, 0.25) is 0 Å². The predicted octanol–water partition coefficient (Wildman–Crippen LogP) is 4.09. The van der Waals surface area contributed by atoms with Gasteiger partial charge in [-0.05, 0) is 61.0 Å². The number of nitrogens with zero attached hydrogens (tertiary/aromatic N) is 1. The van der Waals surface area contributed by atoms with Crippen molar-refractivity contribution in [2.45, 2.75) is 23.6 Å². The lowest BCUT2D eigenvalue weighted by molar-refractivity contribution is 0.432. The molecule has 0 radical (unpaired) electrons. The van der Waals surface area contributed by atoms with Crippen molar-refractivity contribution in [1.29, 1.82) is 5.26 Å². The molecule has 4 nitrogen and oxygen atoms in total. The zero-order valence-corrected chi connectivity index (χ0v) is 14.2. The van der Waals surface area contributed by atoms with Crippen molar-refractivity contribution in [1.82, 2.24) is 0 Å². The zero-order chi connectivity index (χ0) is 18.1. The minimum absolute atomic E-state index is 0.182. The summed E-state index contributed by atoms with van der Waals surface area (Å²) in [5, 5.41) is 10.6. The largest absolute Gasteiger partial charge is 0.279 e. The highest BCUT2D eigenvalue weighted by Gasteiger charge is 2.25. The minimum Gasteiger partial charge on any atom is -0.279 e. The van der Waals surface area contributed by atoms with E-state index in [1.165, 1.54) is 0 Å². The molecular weight excluding hydrogens is 361 g/mol. The number of hydrogen-bond donors (Lipinski definition) is 1. The highest BCUT2D eigenvalue weighted by molar-refractivity contribution is 8.03. The molecule has 0 aliphatic rings. The Morgan fingerprint density at radius 1 is 1.08 bits per heavy atom. The zero-order valence-electron chi connectivity index (χ0n) is 12.5. The lowest BCUT2D eigenvalue weighted by Gasteiger charge is -2.15. The summed E-state index contributed by atoms with van der Waals surface area (Å²) in [6.07, 6.45) is 0. The maximum Gasteiger partial charge on any atom is 0.264 e. The monoisotopic (exact) mass is 372 g/mol. The summed E-state index contributed by atoms with van der Waals surface area (Å²) in [6, 6.07) is 4.36. The molecular formula is C15H11F3N2O2S2. The van der Waals surface area contributed by atoms with Gasteiger partial charge in [0.1, 0.15) is 10.3 Å². The molecule has 0 aliphatic carbocycles. The van der Waals surface area contributed by atoms with Gasteiger partial charge in [-0.25, -0.2) is 21.6 Å². The van der Waals surface area contributed by atoms with Crippen LogP contribution in [0.1, 0.15) is 11.1 Å². The summed E-state index contributed by atoms with van der Waals surface area (Å²) in [5.41, 5.74) is 1.18. The Kier molecular flexibility index (Phi) is 5.11. The van der Waals surface area contributed by atoms with Gasteiger partial charge in [-0.3, -0.25) is 4.72 Å². The molecule has 0 spiro atoms. The third-order valence-electron chi connectivity index (χ3n) is 3.20. The molecule has 0 unspecified atom stereocenters. The second-order valence-electron chi connectivity index (χ2n) is 4.90.